The van der Waals surface area contributed by atoms with Crippen molar-refractivity contribution in [2.45, 2.75) is 108 Å². The number of carboxylic acids is 1. The molecule has 4 fully saturated rings. The van der Waals surface area contributed by atoms with Gasteiger partial charge in [-0.15, -0.1) is 10.1 Å². The molecule has 2 aliphatic carbocycles. The molecule has 4 aliphatic rings. The summed E-state index contributed by atoms with van der Waals surface area (Å²) < 4.78 is 14.9. The number of ether oxygens (including phenoxy) is 3. The van der Waals surface area contributed by atoms with Crippen molar-refractivity contribution in [1.29, 1.82) is 0 Å². The number of aliphatic hydroxyl groups excluding tert-OH is 1. The number of para-hydroxylation sites is 1. The molecule has 4 N–H and O–H groups in total. The molecule has 42 heavy (non-hydrogen) atoms. The maximum absolute atomic E-state index is 11.6. The normalized spacial score (nSPS) is 25.5. The summed E-state index contributed by atoms with van der Waals surface area (Å²) in [6.07, 6.45) is 9.97. The summed E-state index contributed by atoms with van der Waals surface area (Å²) in [6, 6.07) is 6.68. The number of hydrogen-bond acceptors (Lipinski definition) is 10. The number of fused-ring (bicyclic) bond motifs is 1. The van der Waals surface area contributed by atoms with Crippen molar-refractivity contribution in [2.75, 3.05) is 13.2 Å². The van der Waals surface area contributed by atoms with Crippen molar-refractivity contribution in [2.24, 2.45) is 5.73 Å². The van der Waals surface area contributed by atoms with E-state index in [-0.39, 0.29) is 30.6 Å². The number of nitrogens with zero attached hydrogens (tertiary/aromatic N) is 2. The summed E-state index contributed by atoms with van der Waals surface area (Å²) in [6.45, 7) is 1.46. The smallest absolute Gasteiger partial charge is 0.339 e. The molecule has 5 rings (SSSR count). The molecule has 0 aromatic heterocycles. The Hall–Kier alpha value is -3.49. The van der Waals surface area contributed by atoms with Crippen LogP contribution in [0, 0.1) is 10.1 Å². The quantitative estimate of drug-likeness (QED) is 0.189. The number of urea groups is 1. The van der Waals surface area contributed by atoms with Gasteiger partial charge in [-0.25, -0.2) is 9.59 Å². The van der Waals surface area contributed by atoms with Gasteiger partial charge >= 0.3 is 18.0 Å². The Kier molecular flexibility index (Phi) is 12.8. The van der Waals surface area contributed by atoms with Crippen molar-refractivity contribution >= 4 is 18.0 Å². The van der Waals surface area contributed by atoms with Crippen molar-refractivity contribution in [3.05, 3.63) is 39.9 Å². The third kappa shape index (κ3) is 9.53. The Morgan fingerprint density at radius 3 is 2.00 bits per heavy atom. The molecule has 0 unspecified atom stereocenters. The highest BCUT2D eigenvalue weighted by Crippen LogP contribution is 2.30. The molecule has 2 heterocycles. The fourth-order valence-electron chi connectivity index (χ4n) is 5.91. The number of carbonyl (C=O) groups excluding carboxylic acids is 2. The van der Waals surface area contributed by atoms with Gasteiger partial charge in [0.05, 0.1) is 13.2 Å². The highest BCUT2D eigenvalue weighted by atomic mass is 17.0. The zero-order valence-electron chi connectivity index (χ0n) is 23.8. The van der Waals surface area contributed by atoms with Gasteiger partial charge in [-0.1, -0.05) is 50.7 Å². The molecule has 234 valence electrons. The minimum absolute atomic E-state index is 0.0160. The fourth-order valence-corrected chi connectivity index (χ4v) is 5.91. The fraction of sp³-hybridized carbons (Fsp3) is 0.679. The Labute approximate surface area is 244 Å². The second-order valence-corrected chi connectivity index (χ2v) is 10.8. The highest BCUT2D eigenvalue weighted by molar-refractivity contribution is 5.91. The number of nitrogens with two attached hydrogens (primary N) is 1. The van der Waals surface area contributed by atoms with Gasteiger partial charge in [0.15, 0.2) is 6.10 Å². The monoisotopic (exact) mass is 595 g/mol. The first kappa shape index (κ1) is 33.0. The van der Waals surface area contributed by atoms with Crippen LogP contribution < -0.4 is 10.5 Å². The molecule has 14 nitrogen and oxygen atoms in total. The van der Waals surface area contributed by atoms with Gasteiger partial charge < -0.3 is 39.9 Å². The minimum atomic E-state index is -1.11. The van der Waals surface area contributed by atoms with E-state index in [1.54, 1.807) is 12.1 Å². The first-order valence-corrected chi connectivity index (χ1v) is 14.4. The largest absolute Gasteiger partial charge is 0.478 e. The topological polar surface area (TPSA) is 201 Å². The number of hydrogen-bond donors (Lipinski definition) is 3. The van der Waals surface area contributed by atoms with Crippen LogP contribution in [0.4, 0.5) is 4.79 Å². The second-order valence-electron chi connectivity index (χ2n) is 10.8. The van der Waals surface area contributed by atoms with Crippen LogP contribution in [-0.4, -0.2) is 87.9 Å². The number of aliphatic hydroxyl groups is 1. The summed E-state index contributed by atoms with van der Waals surface area (Å²) in [5.41, 5.74) is 5.57. The predicted octanol–water partition coefficient (Wildman–Crippen LogP) is 3.06. The van der Waals surface area contributed by atoms with E-state index in [9.17, 15) is 29.6 Å². The molecule has 2 saturated heterocycles. The summed E-state index contributed by atoms with van der Waals surface area (Å²) in [4.78, 5) is 49.2. The van der Waals surface area contributed by atoms with Gasteiger partial charge in [0.1, 0.15) is 29.6 Å². The lowest BCUT2D eigenvalue weighted by Crippen LogP contribution is -2.51. The van der Waals surface area contributed by atoms with Gasteiger partial charge in [0.25, 0.3) is 5.09 Å². The van der Waals surface area contributed by atoms with Gasteiger partial charge in [-0.2, -0.15) is 0 Å². The molecule has 0 spiro atoms. The van der Waals surface area contributed by atoms with Gasteiger partial charge in [-0.05, 0) is 37.8 Å². The lowest BCUT2D eigenvalue weighted by Gasteiger charge is -2.40. The molecular formula is C28H41N3O11. The van der Waals surface area contributed by atoms with Gasteiger partial charge in [0, 0.05) is 19.0 Å². The molecule has 4 atom stereocenters. The number of rotatable bonds is 6. The minimum Gasteiger partial charge on any atom is -0.478 e. The van der Waals surface area contributed by atoms with Gasteiger partial charge in [-0.3, -0.25) is 4.79 Å². The lowest BCUT2D eigenvalue weighted by atomic mass is 9.89. The SMILES string of the molecule is CC(=O)Oc1ccccc1C(=O)O.NC(=O)N(C1CCCCC1)C1CCCCC1.O=[N+]([O-])O[C@@H]1CO[C@H]2[C@@H]1OC[C@@H]2O. The number of carboxylic acid groups (broad SMARTS) is 1. The van der Waals surface area contributed by atoms with Crippen LogP contribution in [0.2, 0.25) is 0 Å². The van der Waals surface area contributed by atoms with E-state index >= 15 is 0 Å². The van der Waals surface area contributed by atoms with Crippen molar-refractivity contribution in [3.8, 4) is 5.75 Å². The summed E-state index contributed by atoms with van der Waals surface area (Å²) >= 11 is 0. The molecular weight excluding hydrogens is 554 g/mol. The molecule has 0 radical (unpaired) electrons. The van der Waals surface area contributed by atoms with Crippen molar-refractivity contribution < 1.29 is 48.7 Å². The molecule has 14 heteroatoms. The lowest BCUT2D eigenvalue weighted by molar-refractivity contribution is -0.769. The van der Waals surface area contributed by atoms with Crippen LogP contribution >= 0.6 is 0 Å². The molecule has 2 amide bonds. The van der Waals surface area contributed by atoms with Crippen molar-refractivity contribution in [1.82, 2.24) is 4.90 Å². The van der Waals surface area contributed by atoms with E-state index in [1.165, 1.54) is 83.3 Å². The van der Waals surface area contributed by atoms with Crippen LogP contribution in [0.1, 0.15) is 81.5 Å². The number of aromatic carboxylic acids is 1. The maximum Gasteiger partial charge on any atom is 0.339 e. The van der Waals surface area contributed by atoms with E-state index in [0.29, 0.717) is 12.1 Å². The Morgan fingerprint density at radius 2 is 1.50 bits per heavy atom. The standard InChI is InChI=1S/C13H24N2O.C9H8O4.C6H9NO6/c14-13(16)15(11-7-3-1-4-8-11)12-9-5-2-6-10-12;1-6(10)13-8-5-3-2-4-7(8)9(11)12;8-3-1-11-6-4(13-7(9)10)2-12-5(3)6/h11-12H,1-10H2,(H2,14,16);2-5H,1H3,(H,11,12);3-6,8H,1-2H2/t;;3-,4+,5+,6+/m..0/s1. The number of benzene rings is 1. The van der Waals surface area contributed by atoms with E-state index in [2.05, 4.69) is 9.57 Å². The Morgan fingerprint density at radius 1 is 0.952 bits per heavy atom. The third-order valence-electron chi connectivity index (χ3n) is 7.77. The molecule has 0 bridgehead atoms. The summed E-state index contributed by atoms with van der Waals surface area (Å²) in [5, 5.41) is 27.1. The highest BCUT2D eigenvalue weighted by Gasteiger charge is 2.48. The molecule has 2 saturated carbocycles. The molecule has 1 aromatic carbocycles. The van der Waals surface area contributed by atoms with Crippen LogP contribution in [0.15, 0.2) is 24.3 Å². The Balaban J connectivity index is 0.000000174. The zero-order valence-corrected chi connectivity index (χ0v) is 23.8. The number of carbonyl (C=O) groups is 3. The van der Waals surface area contributed by atoms with E-state index in [4.69, 9.17) is 20.3 Å². The third-order valence-corrected chi connectivity index (χ3v) is 7.77. The number of primary amides is 1. The second kappa shape index (κ2) is 16.2. The van der Waals surface area contributed by atoms with Crippen molar-refractivity contribution in [3.63, 3.8) is 0 Å². The summed E-state index contributed by atoms with van der Waals surface area (Å²) in [5.74, 6) is -1.58. The summed E-state index contributed by atoms with van der Waals surface area (Å²) in [7, 11) is 0. The zero-order chi connectivity index (χ0) is 30.6. The first-order chi connectivity index (χ1) is 20.1. The maximum atomic E-state index is 11.6. The van der Waals surface area contributed by atoms with E-state index < -0.39 is 41.4 Å². The average molecular weight is 596 g/mol. The van der Waals surface area contributed by atoms with Crippen LogP contribution in [0.3, 0.4) is 0 Å². The van der Waals surface area contributed by atoms with Crippen LogP contribution in [0.25, 0.3) is 0 Å². The van der Waals surface area contributed by atoms with Gasteiger partial charge in [0.2, 0.25) is 0 Å². The first-order valence-electron chi connectivity index (χ1n) is 14.4. The van der Waals surface area contributed by atoms with E-state index in [0.717, 1.165) is 0 Å². The van der Waals surface area contributed by atoms with Crippen LogP contribution in [0.5, 0.6) is 5.75 Å². The predicted molar refractivity (Wildman–Crippen MR) is 147 cm³/mol. The molecule has 2 aliphatic heterocycles. The number of amides is 2. The average Bonchev–Trinajstić information content (AvgIpc) is 3.53. The van der Waals surface area contributed by atoms with E-state index in [1.807, 2.05) is 4.90 Å². The number of esters is 1. The van der Waals surface area contributed by atoms with Crippen LogP contribution in [-0.2, 0) is 19.1 Å². The Bertz CT molecular complexity index is 1040. The molecule has 1 aromatic rings.